The van der Waals surface area contributed by atoms with Crippen LogP contribution in [0.15, 0.2) is 0 Å². The lowest BCUT2D eigenvalue weighted by Crippen LogP contribution is -1.94. The van der Waals surface area contributed by atoms with Gasteiger partial charge >= 0.3 is 0 Å². The molecule has 0 radical (unpaired) electrons. The molecule has 2 N–H and O–H groups in total. The first-order valence-electron chi connectivity index (χ1n) is 3.93. The molecular weight excluding hydrogens is 192 g/mol. The fourth-order valence-electron chi connectivity index (χ4n) is 0.998. The van der Waals surface area contributed by atoms with E-state index in [9.17, 15) is 0 Å². The fourth-order valence-corrected chi connectivity index (χ4v) is 2.05. The second kappa shape index (κ2) is 5.51. The van der Waals surface area contributed by atoms with Crippen molar-refractivity contribution in [2.75, 3.05) is 0 Å². The average Bonchev–Trinajstić information content (AvgIpc) is 2.32. The quantitative estimate of drug-likeness (QED) is 0.825. The van der Waals surface area contributed by atoms with E-state index in [1.807, 2.05) is 6.92 Å². The van der Waals surface area contributed by atoms with Crippen LogP contribution < -0.4 is 5.73 Å². The van der Waals surface area contributed by atoms with E-state index in [1.54, 1.807) is 11.3 Å². The number of hydrogen-bond acceptors (Lipinski definition) is 3. The summed E-state index contributed by atoms with van der Waals surface area (Å²) in [7, 11) is 0. The van der Waals surface area contributed by atoms with Crippen LogP contribution in [0.1, 0.15) is 28.9 Å². The molecule has 0 bridgehead atoms. The van der Waals surface area contributed by atoms with Gasteiger partial charge in [-0.3, -0.25) is 0 Å². The van der Waals surface area contributed by atoms with Gasteiger partial charge < -0.3 is 5.73 Å². The predicted molar refractivity (Wildman–Crippen MR) is 56.0 cm³/mol. The lowest BCUT2D eigenvalue weighted by atomic mass is 10.3. The van der Waals surface area contributed by atoms with E-state index in [4.69, 9.17) is 5.73 Å². The first-order chi connectivity index (χ1) is 5.27. The highest BCUT2D eigenvalue weighted by molar-refractivity contribution is 7.11. The Hall–Kier alpha value is -0.120. The monoisotopic (exact) mass is 206 g/mol. The van der Waals surface area contributed by atoms with Crippen LogP contribution in [0.3, 0.4) is 0 Å². The first kappa shape index (κ1) is 11.9. The van der Waals surface area contributed by atoms with E-state index in [2.05, 4.69) is 11.9 Å². The number of nitrogens with zero attached hydrogens (tertiary/aromatic N) is 1. The second-order valence-corrected chi connectivity index (χ2v) is 3.74. The molecule has 0 saturated carbocycles. The highest BCUT2D eigenvalue weighted by Gasteiger charge is 2.03. The van der Waals surface area contributed by atoms with Gasteiger partial charge in [0, 0.05) is 11.4 Å². The molecule has 1 rings (SSSR count). The SMILES string of the molecule is CCCc1nc(C)c(CN)s1.Cl. The summed E-state index contributed by atoms with van der Waals surface area (Å²) in [6.07, 6.45) is 2.25. The van der Waals surface area contributed by atoms with Crippen LogP contribution in [0.25, 0.3) is 0 Å². The molecule has 12 heavy (non-hydrogen) atoms. The Morgan fingerprint density at radius 2 is 2.17 bits per heavy atom. The summed E-state index contributed by atoms with van der Waals surface area (Å²) in [5.41, 5.74) is 6.64. The lowest BCUT2D eigenvalue weighted by molar-refractivity contribution is 0.901. The third-order valence-electron chi connectivity index (χ3n) is 1.59. The Bertz CT molecular complexity index is 235. The van der Waals surface area contributed by atoms with Crippen molar-refractivity contribution in [2.45, 2.75) is 33.2 Å². The summed E-state index contributed by atoms with van der Waals surface area (Å²) in [5.74, 6) is 0. The van der Waals surface area contributed by atoms with Gasteiger partial charge in [0.05, 0.1) is 10.7 Å². The highest BCUT2D eigenvalue weighted by Crippen LogP contribution is 2.18. The molecular formula is C8H15ClN2S. The maximum absolute atomic E-state index is 5.53. The summed E-state index contributed by atoms with van der Waals surface area (Å²) in [4.78, 5) is 5.64. The predicted octanol–water partition coefficient (Wildman–Crippen LogP) is 2.28. The van der Waals surface area contributed by atoms with Crippen LogP contribution in [0.2, 0.25) is 0 Å². The Balaban J connectivity index is 0.00000121. The van der Waals surface area contributed by atoms with Crippen LogP contribution in [-0.2, 0) is 13.0 Å². The molecule has 4 heteroatoms. The minimum absolute atomic E-state index is 0. The number of aromatic nitrogens is 1. The van der Waals surface area contributed by atoms with Crippen molar-refractivity contribution in [3.05, 3.63) is 15.6 Å². The zero-order valence-corrected chi connectivity index (χ0v) is 9.10. The molecule has 0 aliphatic carbocycles. The van der Waals surface area contributed by atoms with Crippen molar-refractivity contribution in [1.82, 2.24) is 4.98 Å². The summed E-state index contributed by atoms with van der Waals surface area (Å²) < 4.78 is 0. The van der Waals surface area contributed by atoms with Crippen LogP contribution in [0.4, 0.5) is 0 Å². The minimum Gasteiger partial charge on any atom is -0.326 e. The number of rotatable bonds is 3. The third-order valence-corrected chi connectivity index (χ3v) is 2.83. The van der Waals surface area contributed by atoms with Crippen LogP contribution in [-0.4, -0.2) is 4.98 Å². The van der Waals surface area contributed by atoms with Gasteiger partial charge in [0.25, 0.3) is 0 Å². The molecule has 0 unspecified atom stereocenters. The number of aryl methyl sites for hydroxylation is 2. The molecule has 0 fully saturated rings. The Morgan fingerprint density at radius 3 is 2.58 bits per heavy atom. The molecule has 0 aromatic carbocycles. The molecule has 70 valence electrons. The molecule has 0 amide bonds. The van der Waals surface area contributed by atoms with Gasteiger partial charge in [-0.25, -0.2) is 4.98 Å². The normalized spacial score (nSPS) is 9.58. The van der Waals surface area contributed by atoms with Crippen LogP contribution in [0, 0.1) is 6.92 Å². The minimum atomic E-state index is 0. The average molecular weight is 207 g/mol. The molecule has 0 spiro atoms. The maximum Gasteiger partial charge on any atom is 0.0931 e. The van der Waals surface area contributed by atoms with E-state index in [-0.39, 0.29) is 12.4 Å². The van der Waals surface area contributed by atoms with Crippen molar-refractivity contribution in [3.8, 4) is 0 Å². The highest BCUT2D eigenvalue weighted by atomic mass is 35.5. The Kier molecular flexibility index (Phi) is 5.46. The number of halogens is 1. The number of hydrogen-bond donors (Lipinski definition) is 1. The van der Waals surface area contributed by atoms with Crippen molar-refractivity contribution in [3.63, 3.8) is 0 Å². The van der Waals surface area contributed by atoms with E-state index in [0.717, 1.165) is 18.5 Å². The van der Waals surface area contributed by atoms with E-state index < -0.39 is 0 Å². The molecule has 0 saturated heterocycles. The van der Waals surface area contributed by atoms with Crippen LogP contribution in [0.5, 0.6) is 0 Å². The molecule has 1 aromatic rings. The summed E-state index contributed by atoms with van der Waals surface area (Å²) >= 11 is 1.75. The molecule has 0 aliphatic heterocycles. The van der Waals surface area contributed by atoms with Crippen LogP contribution >= 0.6 is 23.7 Å². The van der Waals surface area contributed by atoms with Gasteiger partial charge in [-0.2, -0.15) is 0 Å². The van der Waals surface area contributed by atoms with Crippen molar-refractivity contribution in [2.24, 2.45) is 5.73 Å². The second-order valence-electron chi connectivity index (χ2n) is 2.57. The Labute approximate surface area is 83.6 Å². The van der Waals surface area contributed by atoms with E-state index in [0.29, 0.717) is 6.54 Å². The van der Waals surface area contributed by atoms with Crippen molar-refractivity contribution >= 4 is 23.7 Å². The lowest BCUT2D eigenvalue weighted by Gasteiger charge is -1.86. The van der Waals surface area contributed by atoms with E-state index >= 15 is 0 Å². The van der Waals surface area contributed by atoms with Gasteiger partial charge in [0.2, 0.25) is 0 Å². The van der Waals surface area contributed by atoms with Crippen molar-refractivity contribution in [1.29, 1.82) is 0 Å². The van der Waals surface area contributed by atoms with E-state index in [1.165, 1.54) is 9.88 Å². The molecule has 2 nitrogen and oxygen atoms in total. The number of nitrogens with two attached hydrogens (primary N) is 1. The topological polar surface area (TPSA) is 38.9 Å². The zero-order valence-electron chi connectivity index (χ0n) is 7.46. The summed E-state index contributed by atoms with van der Waals surface area (Å²) in [6.45, 7) is 4.82. The molecule has 0 atom stereocenters. The smallest absolute Gasteiger partial charge is 0.0931 e. The van der Waals surface area contributed by atoms with Gasteiger partial charge in [0.15, 0.2) is 0 Å². The van der Waals surface area contributed by atoms with Crippen molar-refractivity contribution < 1.29 is 0 Å². The van der Waals surface area contributed by atoms with Gasteiger partial charge in [0.1, 0.15) is 0 Å². The molecule has 1 aromatic heterocycles. The first-order valence-corrected chi connectivity index (χ1v) is 4.74. The van der Waals surface area contributed by atoms with Gasteiger partial charge in [-0.15, -0.1) is 23.7 Å². The number of thiazole rings is 1. The molecule has 0 aliphatic rings. The molecule has 1 heterocycles. The standard InChI is InChI=1S/C8H14N2S.ClH/c1-3-4-8-10-6(2)7(5-9)11-8;/h3-5,9H2,1-2H3;1H. The summed E-state index contributed by atoms with van der Waals surface area (Å²) in [6, 6.07) is 0. The van der Waals surface area contributed by atoms with Gasteiger partial charge in [-0.1, -0.05) is 6.92 Å². The maximum atomic E-state index is 5.53. The third kappa shape index (κ3) is 2.73. The fraction of sp³-hybridized carbons (Fsp3) is 0.625. The summed E-state index contributed by atoms with van der Waals surface area (Å²) in [5, 5.41) is 1.23. The Morgan fingerprint density at radius 1 is 1.50 bits per heavy atom. The largest absolute Gasteiger partial charge is 0.326 e. The van der Waals surface area contributed by atoms with Gasteiger partial charge in [-0.05, 0) is 19.8 Å². The zero-order chi connectivity index (χ0) is 8.27.